The van der Waals surface area contributed by atoms with Crippen LogP contribution in [0, 0.1) is 0 Å². The number of hydrogen-bond donors (Lipinski definition) is 1. The van der Waals surface area contributed by atoms with E-state index in [4.69, 9.17) is 16.6 Å². The largest absolute Gasteiger partial charge is 0.468 e. The molecule has 1 aromatic carbocycles. The van der Waals surface area contributed by atoms with E-state index in [1.807, 2.05) is 18.2 Å². The number of furan rings is 1. The number of thiocarbonyl (C=S) groups is 1. The lowest BCUT2D eigenvalue weighted by atomic mass is 10.2. The predicted octanol–water partition coefficient (Wildman–Crippen LogP) is 2.39. The van der Waals surface area contributed by atoms with Gasteiger partial charge in [0.25, 0.3) is 0 Å². The molecule has 3 rings (SSSR count). The average molecular weight is 287 g/mol. The van der Waals surface area contributed by atoms with Crippen molar-refractivity contribution in [1.29, 1.82) is 0 Å². The molecule has 0 radical (unpaired) electrons. The smallest absolute Gasteiger partial charge is 0.171 e. The van der Waals surface area contributed by atoms with Gasteiger partial charge in [-0.3, -0.25) is 4.90 Å². The SMILES string of the molecule is S=C1NCN(Cc2ccco2)CN1Cc1ccccc1. The van der Waals surface area contributed by atoms with E-state index in [0.717, 1.165) is 37.3 Å². The Balaban J connectivity index is 1.63. The molecular weight excluding hydrogens is 270 g/mol. The lowest BCUT2D eigenvalue weighted by Gasteiger charge is -2.37. The van der Waals surface area contributed by atoms with Gasteiger partial charge in [0, 0.05) is 6.54 Å². The molecule has 2 heterocycles. The van der Waals surface area contributed by atoms with E-state index in [0.29, 0.717) is 0 Å². The molecule has 5 heteroatoms. The highest BCUT2D eigenvalue weighted by Gasteiger charge is 2.21. The van der Waals surface area contributed by atoms with Gasteiger partial charge in [0.05, 0.1) is 26.1 Å². The summed E-state index contributed by atoms with van der Waals surface area (Å²) < 4.78 is 5.40. The van der Waals surface area contributed by atoms with Crippen LogP contribution in [0.1, 0.15) is 11.3 Å². The molecule has 1 aromatic heterocycles. The molecule has 1 saturated heterocycles. The zero-order valence-electron chi connectivity index (χ0n) is 11.2. The molecule has 4 nitrogen and oxygen atoms in total. The minimum absolute atomic E-state index is 0.755. The second-order valence-corrected chi connectivity index (χ2v) is 5.26. The Morgan fingerprint density at radius 3 is 2.70 bits per heavy atom. The van der Waals surface area contributed by atoms with Crippen molar-refractivity contribution in [3.8, 4) is 0 Å². The molecule has 0 saturated carbocycles. The van der Waals surface area contributed by atoms with Gasteiger partial charge in [0.2, 0.25) is 0 Å². The van der Waals surface area contributed by atoms with Crippen molar-refractivity contribution in [2.45, 2.75) is 13.1 Å². The first kappa shape index (κ1) is 13.1. The minimum atomic E-state index is 0.755. The summed E-state index contributed by atoms with van der Waals surface area (Å²) in [5, 5.41) is 4.07. The van der Waals surface area contributed by atoms with Crippen molar-refractivity contribution in [2.75, 3.05) is 13.3 Å². The molecule has 1 N–H and O–H groups in total. The quantitative estimate of drug-likeness (QED) is 0.873. The highest BCUT2D eigenvalue weighted by Crippen LogP contribution is 2.12. The van der Waals surface area contributed by atoms with Crippen LogP contribution in [0.15, 0.2) is 53.1 Å². The van der Waals surface area contributed by atoms with Crippen molar-refractivity contribution in [3.63, 3.8) is 0 Å². The van der Waals surface area contributed by atoms with Crippen molar-refractivity contribution < 1.29 is 4.42 Å². The van der Waals surface area contributed by atoms with Gasteiger partial charge < -0.3 is 14.6 Å². The van der Waals surface area contributed by atoms with E-state index in [1.54, 1.807) is 6.26 Å². The molecule has 104 valence electrons. The monoisotopic (exact) mass is 287 g/mol. The van der Waals surface area contributed by atoms with Gasteiger partial charge in [0.1, 0.15) is 5.76 Å². The first-order valence-electron chi connectivity index (χ1n) is 6.63. The topological polar surface area (TPSA) is 31.6 Å². The lowest BCUT2D eigenvalue weighted by molar-refractivity contribution is 0.133. The van der Waals surface area contributed by atoms with Gasteiger partial charge in [-0.25, -0.2) is 0 Å². The summed E-state index contributed by atoms with van der Waals surface area (Å²) in [6.45, 7) is 3.17. The zero-order chi connectivity index (χ0) is 13.8. The molecule has 1 aliphatic heterocycles. The molecule has 1 aliphatic rings. The van der Waals surface area contributed by atoms with E-state index in [9.17, 15) is 0 Å². The third-order valence-corrected chi connectivity index (χ3v) is 3.69. The second-order valence-electron chi connectivity index (χ2n) is 4.87. The maximum atomic E-state index is 5.40. The van der Waals surface area contributed by atoms with Crippen LogP contribution in [0.3, 0.4) is 0 Å². The molecule has 0 amide bonds. The summed E-state index contributed by atoms with van der Waals surface area (Å²) in [6.07, 6.45) is 1.71. The van der Waals surface area contributed by atoms with Crippen LogP contribution in [0.5, 0.6) is 0 Å². The van der Waals surface area contributed by atoms with E-state index in [2.05, 4.69) is 39.4 Å². The normalized spacial score (nSPS) is 16.2. The third-order valence-electron chi connectivity index (χ3n) is 3.29. The summed E-state index contributed by atoms with van der Waals surface area (Å²) in [5.41, 5.74) is 1.26. The van der Waals surface area contributed by atoms with Crippen molar-refractivity contribution in [3.05, 3.63) is 60.1 Å². The molecule has 0 aliphatic carbocycles. The number of benzene rings is 1. The standard InChI is InChI=1S/C15H17N3OS/c20-15-16-11-17(10-14-7-4-8-19-14)12-18(15)9-13-5-2-1-3-6-13/h1-8H,9-12H2,(H,16,20). The number of nitrogens with zero attached hydrogens (tertiary/aromatic N) is 2. The molecule has 20 heavy (non-hydrogen) atoms. The zero-order valence-corrected chi connectivity index (χ0v) is 12.0. The Kier molecular flexibility index (Phi) is 3.99. The summed E-state index contributed by atoms with van der Waals surface area (Å²) in [7, 11) is 0. The molecule has 0 spiro atoms. The first-order valence-corrected chi connectivity index (χ1v) is 7.03. The molecular formula is C15H17N3OS. The maximum Gasteiger partial charge on any atom is 0.171 e. The Labute approximate surface area is 124 Å². The van der Waals surface area contributed by atoms with Gasteiger partial charge >= 0.3 is 0 Å². The van der Waals surface area contributed by atoms with Crippen LogP contribution in [0.25, 0.3) is 0 Å². The number of nitrogens with one attached hydrogen (secondary N) is 1. The van der Waals surface area contributed by atoms with E-state index in [1.165, 1.54) is 5.56 Å². The first-order chi connectivity index (χ1) is 9.81. The van der Waals surface area contributed by atoms with Gasteiger partial charge in [-0.05, 0) is 29.9 Å². The Morgan fingerprint density at radius 2 is 1.95 bits per heavy atom. The summed E-state index contributed by atoms with van der Waals surface area (Å²) >= 11 is 5.39. The van der Waals surface area contributed by atoms with Crippen LogP contribution in [-0.2, 0) is 13.1 Å². The van der Waals surface area contributed by atoms with Crippen LogP contribution >= 0.6 is 12.2 Å². The van der Waals surface area contributed by atoms with E-state index >= 15 is 0 Å². The Hall–Kier alpha value is -1.85. The lowest BCUT2D eigenvalue weighted by Crippen LogP contribution is -2.55. The van der Waals surface area contributed by atoms with Crippen LogP contribution in [0.4, 0.5) is 0 Å². The van der Waals surface area contributed by atoms with Crippen LogP contribution in [-0.4, -0.2) is 28.2 Å². The highest BCUT2D eigenvalue weighted by molar-refractivity contribution is 7.80. The fourth-order valence-electron chi connectivity index (χ4n) is 2.30. The Bertz CT molecular complexity index is 556. The summed E-state index contributed by atoms with van der Waals surface area (Å²) in [4.78, 5) is 4.43. The molecule has 1 fully saturated rings. The van der Waals surface area contributed by atoms with Gasteiger partial charge in [-0.2, -0.15) is 0 Å². The van der Waals surface area contributed by atoms with Crippen molar-refractivity contribution in [1.82, 2.24) is 15.1 Å². The molecule has 0 unspecified atom stereocenters. The van der Waals surface area contributed by atoms with Gasteiger partial charge in [-0.1, -0.05) is 30.3 Å². The summed E-state index contributed by atoms with van der Waals surface area (Å²) in [5.74, 6) is 0.972. The van der Waals surface area contributed by atoms with Gasteiger partial charge in [0.15, 0.2) is 5.11 Å². The summed E-state index contributed by atoms with van der Waals surface area (Å²) in [6, 6.07) is 14.3. The van der Waals surface area contributed by atoms with Crippen LogP contribution in [0.2, 0.25) is 0 Å². The van der Waals surface area contributed by atoms with Gasteiger partial charge in [-0.15, -0.1) is 0 Å². The average Bonchev–Trinajstić information content (AvgIpc) is 2.97. The number of rotatable bonds is 4. The van der Waals surface area contributed by atoms with E-state index < -0.39 is 0 Å². The fourth-order valence-corrected chi connectivity index (χ4v) is 2.49. The molecule has 0 atom stereocenters. The third kappa shape index (κ3) is 3.18. The molecule has 2 aromatic rings. The van der Waals surface area contributed by atoms with Crippen molar-refractivity contribution >= 4 is 17.3 Å². The van der Waals surface area contributed by atoms with Crippen molar-refractivity contribution in [2.24, 2.45) is 0 Å². The highest BCUT2D eigenvalue weighted by atomic mass is 32.1. The number of hydrogen-bond acceptors (Lipinski definition) is 3. The Morgan fingerprint density at radius 1 is 1.10 bits per heavy atom. The minimum Gasteiger partial charge on any atom is -0.468 e. The maximum absolute atomic E-state index is 5.40. The fraction of sp³-hybridized carbons (Fsp3) is 0.267. The molecule has 0 bridgehead atoms. The predicted molar refractivity (Wildman–Crippen MR) is 81.7 cm³/mol. The second kappa shape index (κ2) is 6.07. The van der Waals surface area contributed by atoms with Crippen LogP contribution < -0.4 is 5.32 Å². The van der Waals surface area contributed by atoms with E-state index in [-0.39, 0.29) is 0 Å².